The van der Waals surface area contributed by atoms with Crippen molar-refractivity contribution in [2.45, 2.75) is 56.1 Å². The molecule has 2 unspecified atom stereocenters. The number of anilines is 1. The summed E-state index contributed by atoms with van der Waals surface area (Å²) in [6.07, 6.45) is 3.09. The first-order valence-electron chi connectivity index (χ1n) is 10.5. The Morgan fingerprint density at radius 2 is 1.93 bits per heavy atom. The van der Waals surface area contributed by atoms with Crippen molar-refractivity contribution in [3.8, 4) is 5.75 Å². The second-order valence-corrected chi connectivity index (χ2v) is 10.7. The summed E-state index contributed by atoms with van der Waals surface area (Å²) in [6, 6.07) is 13.2. The van der Waals surface area contributed by atoms with Gasteiger partial charge in [-0.3, -0.25) is 4.79 Å². The normalized spacial score (nSPS) is 25.8. The molecule has 7 heteroatoms. The van der Waals surface area contributed by atoms with Crippen LogP contribution in [0.25, 0.3) is 0 Å². The van der Waals surface area contributed by atoms with Crippen LogP contribution in [0.2, 0.25) is 0 Å². The number of carbonyl (C=O) groups excluding carboxylic acids is 1. The SMILES string of the molecule is CC(=O)N1c2ccc(S(=O)(=O)N3CCC4(CCc5ccccc5O4)C3)cc2CC1C. The number of rotatable bonds is 2. The largest absolute Gasteiger partial charge is 0.486 e. The molecule has 2 aromatic carbocycles. The van der Waals surface area contributed by atoms with Crippen molar-refractivity contribution in [3.05, 3.63) is 53.6 Å². The highest BCUT2D eigenvalue weighted by Crippen LogP contribution is 2.41. The summed E-state index contributed by atoms with van der Waals surface area (Å²) < 4.78 is 34.7. The fourth-order valence-electron chi connectivity index (χ4n) is 5.15. The van der Waals surface area contributed by atoms with Crippen LogP contribution in [0.3, 0.4) is 0 Å². The number of carbonyl (C=O) groups is 1. The lowest BCUT2D eigenvalue weighted by Gasteiger charge is -2.35. The molecular formula is C23H26N2O4S. The minimum Gasteiger partial charge on any atom is -0.486 e. The van der Waals surface area contributed by atoms with Gasteiger partial charge in [-0.2, -0.15) is 4.31 Å². The second kappa shape index (κ2) is 6.82. The summed E-state index contributed by atoms with van der Waals surface area (Å²) in [4.78, 5) is 14.0. The summed E-state index contributed by atoms with van der Waals surface area (Å²) in [5, 5.41) is 0. The molecule has 0 radical (unpaired) electrons. The molecule has 0 N–H and O–H groups in total. The van der Waals surface area contributed by atoms with E-state index >= 15 is 0 Å². The van der Waals surface area contributed by atoms with Gasteiger partial charge in [0.15, 0.2) is 0 Å². The molecule has 1 spiro atoms. The predicted octanol–water partition coefficient (Wildman–Crippen LogP) is 3.14. The highest BCUT2D eigenvalue weighted by molar-refractivity contribution is 7.89. The third-order valence-corrected chi connectivity index (χ3v) is 8.52. The lowest BCUT2D eigenvalue weighted by atomic mass is 9.90. The Morgan fingerprint density at radius 3 is 2.73 bits per heavy atom. The molecule has 3 heterocycles. The van der Waals surface area contributed by atoms with E-state index in [1.165, 1.54) is 5.56 Å². The molecule has 6 nitrogen and oxygen atoms in total. The van der Waals surface area contributed by atoms with E-state index in [0.29, 0.717) is 30.8 Å². The molecule has 1 amide bonds. The van der Waals surface area contributed by atoms with E-state index in [1.54, 1.807) is 34.3 Å². The van der Waals surface area contributed by atoms with E-state index in [4.69, 9.17) is 4.74 Å². The minimum atomic E-state index is -3.62. The zero-order valence-corrected chi connectivity index (χ0v) is 18.1. The maximum Gasteiger partial charge on any atom is 0.243 e. The van der Waals surface area contributed by atoms with Crippen molar-refractivity contribution in [2.75, 3.05) is 18.0 Å². The molecule has 1 saturated heterocycles. The third kappa shape index (κ3) is 3.03. The number of aryl methyl sites for hydroxylation is 1. The molecule has 3 aliphatic heterocycles. The van der Waals surface area contributed by atoms with Gasteiger partial charge < -0.3 is 9.64 Å². The zero-order chi connectivity index (χ0) is 21.1. The predicted molar refractivity (Wildman–Crippen MR) is 114 cm³/mol. The third-order valence-electron chi connectivity index (χ3n) is 6.67. The van der Waals surface area contributed by atoms with Gasteiger partial charge in [0.05, 0.1) is 11.4 Å². The van der Waals surface area contributed by atoms with Gasteiger partial charge in [-0.05, 0) is 61.6 Å². The number of amides is 1. The molecule has 0 saturated carbocycles. The smallest absolute Gasteiger partial charge is 0.243 e. The van der Waals surface area contributed by atoms with Crippen LogP contribution in [-0.2, 0) is 27.7 Å². The molecule has 0 bridgehead atoms. The summed E-state index contributed by atoms with van der Waals surface area (Å²) in [5.41, 5.74) is 2.47. The molecule has 3 aliphatic rings. The number of para-hydroxylation sites is 1. The number of nitrogens with zero attached hydrogens (tertiary/aromatic N) is 2. The Labute approximate surface area is 177 Å². The van der Waals surface area contributed by atoms with Crippen molar-refractivity contribution in [2.24, 2.45) is 0 Å². The summed E-state index contributed by atoms with van der Waals surface area (Å²) in [5.74, 6) is 0.854. The first kappa shape index (κ1) is 19.6. The first-order chi connectivity index (χ1) is 14.3. The Hall–Kier alpha value is -2.38. The van der Waals surface area contributed by atoms with Crippen molar-refractivity contribution in [3.63, 3.8) is 0 Å². The Morgan fingerprint density at radius 1 is 1.13 bits per heavy atom. The van der Waals surface area contributed by atoms with Gasteiger partial charge in [-0.25, -0.2) is 8.42 Å². The number of ether oxygens (including phenoxy) is 1. The van der Waals surface area contributed by atoms with Crippen LogP contribution in [0, 0.1) is 0 Å². The van der Waals surface area contributed by atoms with Gasteiger partial charge in [0.2, 0.25) is 15.9 Å². The maximum atomic E-state index is 13.4. The summed E-state index contributed by atoms with van der Waals surface area (Å²) >= 11 is 0. The van der Waals surface area contributed by atoms with E-state index in [2.05, 4.69) is 6.07 Å². The molecule has 0 aliphatic carbocycles. The lowest BCUT2D eigenvalue weighted by molar-refractivity contribution is -0.116. The van der Waals surface area contributed by atoms with Gasteiger partial charge in [0, 0.05) is 31.6 Å². The van der Waals surface area contributed by atoms with Crippen molar-refractivity contribution in [1.29, 1.82) is 0 Å². The van der Waals surface area contributed by atoms with Crippen molar-refractivity contribution >= 4 is 21.6 Å². The number of benzene rings is 2. The average molecular weight is 427 g/mol. The highest BCUT2D eigenvalue weighted by Gasteiger charge is 2.46. The van der Waals surface area contributed by atoms with Crippen LogP contribution >= 0.6 is 0 Å². The van der Waals surface area contributed by atoms with E-state index in [0.717, 1.165) is 29.8 Å². The average Bonchev–Trinajstić information content (AvgIpc) is 3.28. The molecular weight excluding hydrogens is 400 g/mol. The first-order valence-corrected chi connectivity index (χ1v) is 11.9. The molecule has 0 aromatic heterocycles. The summed E-state index contributed by atoms with van der Waals surface area (Å²) in [7, 11) is -3.62. The Balaban J connectivity index is 1.40. The minimum absolute atomic E-state index is 0.0203. The molecule has 2 atom stereocenters. The monoisotopic (exact) mass is 426 g/mol. The van der Waals surface area contributed by atoms with E-state index in [1.807, 2.05) is 25.1 Å². The second-order valence-electron chi connectivity index (χ2n) is 8.71. The summed E-state index contributed by atoms with van der Waals surface area (Å²) in [6.45, 7) is 4.36. The number of sulfonamides is 1. The van der Waals surface area contributed by atoms with Crippen LogP contribution in [0.5, 0.6) is 5.75 Å². The quantitative estimate of drug-likeness (QED) is 0.740. The highest BCUT2D eigenvalue weighted by atomic mass is 32.2. The molecule has 2 aromatic rings. The van der Waals surface area contributed by atoms with E-state index < -0.39 is 15.6 Å². The van der Waals surface area contributed by atoms with Crippen molar-refractivity contribution < 1.29 is 17.9 Å². The van der Waals surface area contributed by atoms with Crippen LogP contribution < -0.4 is 9.64 Å². The molecule has 1 fully saturated rings. The van der Waals surface area contributed by atoms with Crippen LogP contribution in [-0.4, -0.2) is 43.4 Å². The van der Waals surface area contributed by atoms with Crippen molar-refractivity contribution in [1.82, 2.24) is 4.31 Å². The number of hydrogen-bond acceptors (Lipinski definition) is 4. The van der Waals surface area contributed by atoms with Gasteiger partial charge in [0.25, 0.3) is 0 Å². The van der Waals surface area contributed by atoms with Crippen LogP contribution in [0.1, 0.15) is 37.8 Å². The fourth-order valence-corrected chi connectivity index (χ4v) is 6.72. The van der Waals surface area contributed by atoms with E-state index in [9.17, 15) is 13.2 Å². The standard InChI is InChI=1S/C23H26N2O4S/c1-16-13-19-14-20(7-8-21(19)25(16)17(2)26)30(27,28)24-12-11-23(15-24)10-9-18-5-3-4-6-22(18)29-23/h3-8,14,16H,9-13,15H2,1-2H3. The zero-order valence-electron chi connectivity index (χ0n) is 17.3. The Bertz CT molecular complexity index is 1130. The topological polar surface area (TPSA) is 66.9 Å². The van der Waals surface area contributed by atoms with Crippen LogP contribution in [0.15, 0.2) is 47.4 Å². The molecule has 158 valence electrons. The fraction of sp³-hybridized carbons (Fsp3) is 0.435. The molecule has 5 rings (SSSR count). The molecule has 30 heavy (non-hydrogen) atoms. The van der Waals surface area contributed by atoms with Gasteiger partial charge in [0.1, 0.15) is 11.4 Å². The maximum absolute atomic E-state index is 13.4. The van der Waals surface area contributed by atoms with E-state index in [-0.39, 0.29) is 11.9 Å². The van der Waals surface area contributed by atoms with Gasteiger partial charge in [-0.1, -0.05) is 18.2 Å². The lowest BCUT2D eigenvalue weighted by Crippen LogP contribution is -2.43. The van der Waals surface area contributed by atoms with Gasteiger partial charge >= 0.3 is 0 Å². The van der Waals surface area contributed by atoms with Crippen LogP contribution in [0.4, 0.5) is 5.69 Å². The number of hydrogen-bond donors (Lipinski definition) is 0. The van der Waals surface area contributed by atoms with Gasteiger partial charge in [-0.15, -0.1) is 0 Å². The number of fused-ring (bicyclic) bond motifs is 2. The Kier molecular flexibility index (Phi) is 4.45.